The maximum Gasteiger partial charge on any atom is 0.407 e. The molecule has 0 aromatic carbocycles. The van der Waals surface area contributed by atoms with Gasteiger partial charge in [0.1, 0.15) is 23.3 Å². The number of aliphatic hydroxyl groups is 1. The number of alkyl carbamates (subject to hydrolysis) is 1. The molecule has 3 rings (SSSR count). The SMILES string of the molecule is COCCOc1ccc2nccc(NC(=O)C3(O)CCC(NC(=O)OC(C)(C)C)CC3)c2n1. The molecular formula is C23H32N4O6. The van der Waals surface area contributed by atoms with Gasteiger partial charge in [-0.1, -0.05) is 0 Å². The lowest BCUT2D eigenvalue weighted by Gasteiger charge is -2.35. The lowest BCUT2D eigenvalue weighted by atomic mass is 9.81. The van der Waals surface area contributed by atoms with Gasteiger partial charge in [0.25, 0.3) is 5.91 Å². The highest BCUT2D eigenvalue weighted by molar-refractivity contribution is 6.02. The van der Waals surface area contributed by atoms with Crippen LogP contribution in [0.4, 0.5) is 10.5 Å². The predicted molar refractivity (Wildman–Crippen MR) is 122 cm³/mol. The topological polar surface area (TPSA) is 132 Å². The van der Waals surface area contributed by atoms with E-state index in [1.807, 2.05) is 0 Å². The van der Waals surface area contributed by atoms with Gasteiger partial charge in [0.05, 0.1) is 17.8 Å². The fourth-order valence-corrected chi connectivity index (χ4v) is 3.60. The summed E-state index contributed by atoms with van der Waals surface area (Å²) in [5.74, 6) is -0.131. The summed E-state index contributed by atoms with van der Waals surface area (Å²) in [7, 11) is 1.58. The number of methoxy groups -OCH3 is 1. The molecule has 10 nitrogen and oxygen atoms in total. The number of ether oxygens (including phenoxy) is 3. The van der Waals surface area contributed by atoms with Gasteiger partial charge in [-0.3, -0.25) is 9.78 Å². The highest BCUT2D eigenvalue weighted by atomic mass is 16.6. The normalized spacial score (nSPS) is 20.8. The van der Waals surface area contributed by atoms with Crippen molar-refractivity contribution >= 4 is 28.7 Å². The summed E-state index contributed by atoms with van der Waals surface area (Å²) in [4.78, 5) is 33.7. The van der Waals surface area contributed by atoms with Crippen molar-refractivity contribution in [2.75, 3.05) is 25.6 Å². The molecule has 0 unspecified atom stereocenters. The van der Waals surface area contributed by atoms with E-state index in [2.05, 4.69) is 20.6 Å². The van der Waals surface area contributed by atoms with E-state index >= 15 is 0 Å². The average Bonchev–Trinajstić information content (AvgIpc) is 2.74. The number of amides is 2. The maximum atomic E-state index is 13.0. The van der Waals surface area contributed by atoms with Crippen molar-refractivity contribution in [3.8, 4) is 5.88 Å². The third-order valence-corrected chi connectivity index (χ3v) is 5.30. The molecule has 2 aromatic heterocycles. The summed E-state index contributed by atoms with van der Waals surface area (Å²) in [6.45, 7) is 6.15. The van der Waals surface area contributed by atoms with Gasteiger partial charge in [-0.2, -0.15) is 0 Å². The molecule has 1 aliphatic carbocycles. The smallest absolute Gasteiger partial charge is 0.407 e. The van der Waals surface area contributed by atoms with E-state index in [4.69, 9.17) is 14.2 Å². The van der Waals surface area contributed by atoms with Crippen LogP contribution in [-0.2, 0) is 14.3 Å². The van der Waals surface area contributed by atoms with Crippen molar-refractivity contribution in [2.45, 2.75) is 63.7 Å². The molecule has 0 saturated heterocycles. The first-order valence-corrected chi connectivity index (χ1v) is 11.0. The number of anilines is 1. The third kappa shape index (κ3) is 6.75. The minimum atomic E-state index is -1.55. The summed E-state index contributed by atoms with van der Waals surface area (Å²) in [5, 5.41) is 16.6. The first-order chi connectivity index (χ1) is 15.6. The summed E-state index contributed by atoms with van der Waals surface area (Å²) in [5.41, 5.74) is -0.651. The molecule has 1 aliphatic rings. The van der Waals surface area contributed by atoms with Crippen molar-refractivity contribution in [1.82, 2.24) is 15.3 Å². The highest BCUT2D eigenvalue weighted by Crippen LogP contribution is 2.31. The molecule has 0 aliphatic heterocycles. The van der Waals surface area contributed by atoms with Gasteiger partial charge in [-0.15, -0.1) is 0 Å². The standard InChI is InChI=1S/C23H32N4O6/c1-22(2,3)33-21(29)25-15-7-10-23(30,11-8-15)20(28)26-17-9-12-24-16-5-6-18(27-19(16)17)32-14-13-31-4/h5-6,9,12,15,30H,7-8,10-11,13-14H2,1-4H3,(H,25,29)(H,24,26,28). The molecule has 0 spiro atoms. The zero-order valence-corrected chi connectivity index (χ0v) is 19.5. The summed E-state index contributed by atoms with van der Waals surface area (Å²) < 4.78 is 15.8. The number of hydrogen-bond acceptors (Lipinski definition) is 8. The fourth-order valence-electron chi connectivity index (χ4n) is 3.60. The van der Waals surface area contributed by atoms with Crippen molar-refractivity contribution in [1.29, 1.82) is 0 Å². The summed E-state index contributed by atoms with van der Waals surface area (Å²) in [6, 6.07) is 4.92. The maximum absolute atomic E-state index is 13.0. The predicted octanol–water partition coefficient (Wildman–Crippen LogP) is 2.79. The van der Waals surface area contributed by atoms with Gasteiger partial charge >= 0.3 is 6.09 Å². The Morgan fingerprint density at radius 3 is 2.58 bits per heavy atom. The molecule has 2 aromatic rings. The number of aromatic nitrogens is 2. The van der Waals surface area contributed by atoms with Crippen LogP contribution in [0.5, 0.6) is 5.88 Å². The lowest BCUT2D eigenvalue weighted by molar-refractivity contribution is -0.137. The van der Waals surface area contributed by atoms with E-state index in [0.717, 1.165) is 0 Å². The zero-order chi connectivity index (χ0) is 24.1. The highest BCUT2D eigenvalue weighted by Gasteiger charge is 2.40. The molecule has 1 fully saturated rings. The Balaban J connectivity index is 1.64. The van der Waals surface area contributed by atoms with E-state index in [1.54, 1.807) is 52.3 Å². The van der Waals surface area contributed by atoms with Gasteiger partial charge < -0.3 is 30.0 Å². The van der Waals surface area contributed by atoms with Gasteiger partial charge in [0, 0.05) is 25.4 Å². The number of carbonyl (C=O) groups excluding carboxylic acids is 2. The van der Waals surface area contributed by atoms with Crippen LogP contribution < -0.4 is 15.4 Å². The third-order valence-electron chi connectivity index (χ3n) is 5.30. The van der Waals surface area contributed by atoms with E-state index in [0.29, 0.717) is 48.7 Å². The van der Waals surface area contributed by atoms with E-state index in [9.17, 15) is 14.7 Å². The quantitative estimate of drug-likeness (QED) is 0.538. The summed E-state index contributed by atoms with van der Waals surface area (Å²) in [6.07, 6.45) is 2.39. The van der Waals surface area contributed by atoms with Gasteiger partial charge in [-0.25, -0.2) is 9.78 Å². The molecule has 0 atom stereocenters. The molecule has 2 amide bonds. The molecule has 33 heavy (non-hydrogen) atoms. The Bertz CT molecular complexity index is 983. The Labute approximate surface area is 193 Å². The molecule has 1 saturated carbocycles. The van der Waals surface area contributed by atoms with Crippen LogP contribution in [0.15, 0.2) is 24.4 Å². The first kappa shape index (κ1) is 24.7. The number of rotatable bonds is 7. The number of nitrogens with zero attached hydrogens (tertiary/aromatic N) is 2. The van der Waals surface area contributed by atoms with Crippen LogP contribution in [0.1, 0.15) is 46.5 Å². The zero-order valence-electron chi connectivity index (χ0n) is 19.5. The minimum absolute atomic E-state index is 0.164. The molecule has 2 heterocycles. The molecule has 180 valence electrons. The Kier molecular flexibility index (Phi) is 7.70. The van der Waals surface area contributed by atoms with Crippen molar-refractivity contribution in [3.05, 3.63) is 24.4 Å². The number of nitrogens with one attached hydrogen (secondary N) is 2. The number of hydrogen-bond donors (Lipinski definition) is 3. The summed E-state index contributed by atoms with van der Waals surface area (Å²) >= 11 is 0. The largest absolute Gasteiger partial charge is 0.475 e. The van der Waals surface area contributed by atoms with Gasteiger partial charge in [-0.05, 0) is 58.6 Å². The van der Waals surface area contributed by atoms with Gasteiger partial charge in [0.2, 0.25) is 5.88 Å². The van der Waals surface area contributed by atoms with E-state index in [1.165, 1.54) is 0 Å². The van der Waals surface area contributed by atoms with Crippen LogP contribution in [-0.4, -0.2) is 64.6 Å². The Hall–Kier alpha value is -2.98. The number of pyridine rings is 2. The van der Waals surface area contributed by atoms with E-state index in [-0.39, 0.29) is 18.9 Å². The fraction of sp³-hybridized carbons (Fsp3) is 0.565. The molecule has 0 radical (unpaired) electrons. The molecule has 10 heteroatoms. The molecule has 3 N–H and O–H groups in total. The van der Waals surface area contributed by atoms with Crippen molar-refractivity contribution in [3.63, 3.8) is 0 Å². The van der Waals surface area contributed by atoms with Crippen LogP contribution in [0, 0.1) is 0 Å². The first-order valence-electron chi connectivity index (χ1n) is 11.0. The van der Waals surface area contributed by atoms with E-state index < -0.39 is 23.2 Å². The number of carbonyl (C=O) groups is 2. The van der Waals surface area contributed by atoms with Crippen LogP contribution in [0.25, 0.3) is 11.0 Å². The van der Waals surface area contributed by atoms with Crippen molar-refractivity contribution in [2.24, 2.45) is 0 Å². The van der Waals surface area contributed by atoms with Gasteiger partial charge in [0.15, 0.2) is 0 Å². The van der Waals surface area contributed by atoms with Crippen molar-refractivity contribution < 1.29 is 28.9 Å². The minimum Gasteiger partial charge on any atom is -0.475 e. The van der Waals surface area contributed by atoms with Crippen LogP contribution in [0.2, 0.25) is 0 Å². The Morgan fingerprint density at radius 2 is 1.91 bits per heavy atom. The second kappa shape index (κ2) is 10.3. The second-order valence-corrected chi connectivity index (χ2v) is 9.12. The Morgan fingerprint density at radius 1 is 1.18 bits per heavy atom. The molecule has 0 bridgehead atoms. The van der Waals surface area contributed by atoms with Crippen LogP contribution >= 0.6 is 0 Å². The molecular weight excluding hydrogens is 428 g/mol. The average molecular weight is 461 g/mol. The van der Waals surface area contributed by atoms with Crippen LogP contribution in [0.3, 0.4) is 0 Å². The lowest BCUT2D eigenvalue weighted by Crippen LogP contribution is -2.50. The second-order valence-electron chi connectivity index (χ2n) is 9.12. The number of fused-ring (bicyclic) bond motifs is 1. The monoisotopic (exact) mass is 460 g/mol.